The van der Waals surface area contributed by atoms with Gasteiger partial charge in [0.2, 0.25) is 5.90 Å². The van der Waals surface area contributed by atoms with Gasteiger partial charge in [-0.3, -0.25) is 0 Å². The van der Waals surface area contributed by atoms with Gasteiger partial charge < -0.3 is 10.1 Å². The van der Waals surface area contributed by atoms with Crippen molar-refractivity contribution in [1.29, 1.82) is 0 Å². The van der Waals surface area contributed by atoms with Crippen molar-refractivity contribution >= 4 is 5.90 Å². The van der Waals surface area contributed by atoms with E-state index < -0.39 is 0 Å². The van der Waals surface area contributed by atoms with Crippen molar-refractivity contribution in [1.82, 2.24) is 5.32 Å². The molecule has 0 bridgehead atoms. The van der Waals surface area contributed by atoms with E-state index in [1.807, 2.05) is 6.92 Å². The standard InChI is InChI=1S/C8H14N2O/c1-5-9-7(3)8(11-4)10-6-2/h6,9H,2-3,5H2,1,4H3/b10-8+. The number of rotatable bonds is 4. The molecule has 0 saturated carbocycles. The van der Waals surface area contributed by atoms with Crippen molar-refractivity contribution in [2.75, 3.05) is 13.7 Å². The fourth-order valence-corrected chi connectivity index (χ4v) is 0.626. The maximum absolute atomic E-state index is 4.92. The zero-order valence-electron chi connectivity index (χ0n) is 7.05. The van der Waals surface area contributed by atoms with Crippen molar-refractivity contribution in [2.24, 2.45) is 4.99 Å². The van der Waals surface area contributed by atoms with Crippen LogP contribution in [0.2, 0.25) is 0 Å². The van der Waals surface area contributed by atoms with Gasteiger partial charge in [-0.15, -0.1) is 0 Å². The molecule has 0 amide bonds. The topological polar surface area (TPSA) is 33.6 Å². The molecule has 0 spiro atoms. The first kappa shape index (κ1) is 9.75. The van der Waals surface area contributed by atoms with E-state index in [1.165, 1.54) is 6.20 Å². The molecule has 3 heteroatoms. The van der Waals surface area contributed by atoms with Crippen molar-refractivity contribution in [2.45, 2.75) is 6.92 Å². The van der Waals surface area contributed by atoms with E-state index in [1.54, 1.807) is 7.11 Å². The summed E-state index contributed by atoms with van der Waals surface area (Å²) in [6.45, 7) is 9.96. The predicted molar refractivity (Wildman–Crippen MR) is 47.5 cm³/mol. The van der Waals surface area contributed by atoms with Gasteiger partial charge in [-0.05, 0) is 6.92 Å². The highest BCUT2D eigenvalue weighted by Crippen LogP contribution is 1.91. The maximum atomic E-state index is 4.92. The second kappa shape index (κ2) is 5.53. The molecule has 0 aliphatic heterocycles. The van der Waals surface area contributed by atoms with Crippen molar-refractivity contribution in [3.63, 3.8) is 0 Å². The van der Waals surface area contributed by atoms with Crippen LogP contribution in [0.15, 0.2) is 30.0 Å². The van der Waals surface area contributed by atoms with Crippen LogP contribution < -0.4 is 5.32 Å². The number of nitrogens with one attached hydrogen (secondary N) is 1. The van der Waals surface area contributed by atoms with Crippen LogP contribution in [-0.4, -0.2) is 19.6 Å². The fraction of sp³-hybridized carbons (Fsp3) is 0.375. The lowest BCUT2D eigenvalue weighted by atomic mass is 10.4. The summed E-state index contributed by atoms with van der Waals surface area (Å²) in [5, 5.41) is 2.98. The molecular weight excluding hydrogens is 140 g/mol. The summed E-state index contributed by atoms with van der Waals surface area (Å²) in [5.41, 5.74) is 0.676. The zero-order valence-corrected chi connectivity index (χ0v) is 7.05. The Balaban J connectivity index is 4.13. The van der Waals surface area contributed by atoms with Crippen LogP contribution in [0.25, 0.3) is 0 Å². The lowest BCUT2D eigenvalue weighted by Gasteiger charge is -2.07. The Morgan fingerprint density at radius 3 is 2.73 bits per heavy atom. The van der Waals surface area contributed by atoms with Crippen LogP contribution in [0.4, 0.5) is 0 Å². The minimum atomic E-state index is 0.474. The molecule has 0 radical (unpaired) electrons. The molecule has 0 aromatic carbocycles. The average molecular weight is 154 g/mol. The molecule has 3 nitrogen and oxygen atoms in total. The molecule has 1 N–H and O–H groups in total. The summed E-state index contributed by atoms with van der Waals surface area (Å²) in [6.07, 6.45) is 1.42. The van der Waals surface area contributed by atoms with Crippen molar-refractivity contribution in [3.05, 3.63) is 25.1 Å². The molecule has 0 saturated heterocycles. The Kier molecular flexibility index (Phi) is 4.90. The van der Waals surface area contributed by atoms with Crippen molar-refractivity contribution < 1.29 is 4.74 Å². The minimum Gasteiger partial charge on any atom is -0.480 e. The Morgan fingerprint density at radius 1 is 1.73 bits per heavy atom. The summed E-state index contributed by atoms with van der Waals surface area (Å²) < 4.78 is 4.92. The first-order valence-corrected chi connectivity index (χ1v) is 3.42. The third kappa shape index (κ3) is 3.45. The van der Waals surface area contributed by atoms with Gasteiger partial charge in [-0.2, -0.15) is 0 Å². The summed E-state index contributed by atoms with van der Waals surface area (Å²) >= 11 is 0. The molecule has 0 aromatic heterocycles. The number of ether oxygens (including phenoxy) is 1. The van der Waals surface area contributed by atoms with Gasteiger partial charge in [-0.1, -0.05) is 13.2 Å². The number of hydrogen-bond acceptors (Lipinski definition) is 3. The van der Waals surface area contributed by atoms with E-state index in [9.17, 15) is 0 Å². The summed E-state index contributed by atoms with van der Waals surface area (Å²) in [6, 6.07) is 0. The number of likely N-dealkylation sites (N-methyl/N-ethyl adjacent to an activating group) is 1. The van der Waals surface area contributed by atoms with Gasteiger partial charge in [-0.25, -0.2) is 4.99 Å². The van der Waals surface area contributed by atoms with Crippen LogP contribution in [0, 0.1) is 0 Å². The smallest absolute Gasteiger partial charge is 0.236 e. The van der Waals surface area contributed by atoms with E-state index in [4.69, 9.17) is 4.74 Å². The quantitative estimate of drug-likeness (QED) is 0.489. The first-order valence-electron chi connectivity index (χ1n) is 3.42. The van der Waals surface area contributed by atoms with Crippen LogP contribution in [0.3, 0.4) is 0 Å². The number of nitrogens with zero attached hydrogens (tertiary/aromatic N) is 1. The van der Waals surface area contributed by atoms with E-state index in [0.29, 0.717) is 11.6 Å². The van der Waals surface area contributed by atoms with Crippen LogP contribution in [0.5, 0.6) is 0 Å². The first-order chi connectivity index (χ1) is 5.26. The Bertz CT molecular complexity index is 173. The third-order valence-corrected chi connectivity index (χ3v) is 1.05. The van der Waals surface area contributed by atoms with Gasteiger partial charge in [0.25, 0.3) is 0 Å². The Morgan fingerprint density at radius 2 is 2.36 bits per heavy atom. The second-order valence-electron chi connectivity index (χ2n) is 1.83. The normalized spacial score (nSPS) is 10.5. The SMILES string of the molecule is C=C/N=C(/OC)C(=C)NCC. The summed E-state index contributed by atoms with van der Waals surface area (Å²) in [4.78, 5) is 3.86. The van der Waals surface area contributed by atoms with Crippen LogP contribution in [-0.2, 0) is 4.74 Å². The molecule has 0 fully saturated rings. The fourth-order valence-electron chi connectivity index (χ4n) is 0.626. The molecule has 0 aliphatic rings. The average Bonchev–Trinajstić information content (AvgIpc) is 2.00. The molecule has 0 atom stereocenters. The third-order valence-electron chi connectivity index (χ3n) is 1.05. The van der Waals surface area contributed by atoms with Crippen LogP contribution in [0.1, 0.15) is 6.92 Å². The molecular formula is C8H14N2O. The van der Waals surface area contributed by atoms with E-state index in [2.05, 4.69) is 23.5 Å². The summed E-state index contributed by atoms with van der Waals surface area (Å²) in [5.74, 6) is 0.474. The number of hydrogen-bond donors (Lipinski definition) is 1. The Hall–Kier alpha value is -1.25. The lowest BCUT2D eigenvalue weighted by molar-refractivity contribution is 0.400. The second-order valence-corrected chi connectivity index (χ2v) is 1.83. The van der Waals surface area contributed by atoms with E-state index in [-0.39, 0.29) is 0 Å². The number of aliphatic imine (C=N–C) groups is 1. The highest BCUT2D eigenvalue weighted by molar-refractivity contribution is 5.92. The van der Waals surface area contributed by atoms with Crippen molar-refractivity contribution in [3.8, 4) is 0 Å². The molecule has 0 heterocycles. The zero-order chi connectivity index (χ0) is 8.69. The monoisotopic (exact) mass is 154 g/mol. The lowest BCUT2D eigenvalue weighted by Crippen LogP contribution is -2.20. The predicted octanol–water partition coefficient (Wildman–Crippen LogP) is 1.30. The molecule has 0 unspecified atom stereocenters. The van der Waals surface area contributed by atoms with Gasteiger partial charge in [0.1, 0.15) is 0 Å². The Labute approximate surface area is 67.5 Å². The van der Waals surface area contributed by atoms with E-state index >= 15 is 0 Å². The minimum absolute atomic E-state index is 0.474. The molecule has 62 valence electrons. The largest absolute Gasteiger partial charge is 0.480 e. The highest BCUT2D eigenvalue weighted by Gasteiger charge is 2.00. The van der Waals surface area contributed by atoms with Gasteiger partial charge in [0.15, 0.2) is 0 Å². The summed E-state index contributed by atoms with van der Waals surface area (Å²) in [7, 11) is 1.55. The molecule has 0 aromatic rings. The van der Waals surface area contributed by atoms with E-state index in [0.717, 1.165) is 6.54 Å². The van der Waals surface area contributed by atoms with Gasteiger partial charge in [0.05, 0.1) is 12.8 Å². The van der Waals surface area contributed by atoms with Gasteiger partial charge >= 0.3 is 0 Å². The molecule has 0 aliphatic carbocycles. The maximum Gasteiger partial charge on any atom is 0.236 e. The highest BCUT2D eigenvalue weighted by atomic mass is 16.5. The van der Waals surface area contributed by atoms with Gasteiger partial charge in [0, 0.05) is 12.7 Å². The molecule has 11 heavy (non-hydrogen) atoms. The molecule has 0 rings (SSSR count). The number of methoxy groups -OCH3 is 1. The van der Waals surface area contributed by atoms with Crippen LogP contribution >= 0.6 is 0 Å².